The topological polar surface area (TPSA) is 312 Å². The summed E-state index contributed by atoms with van der Waals surface area (Å²) >= 11 is 0.371. The van der Waals surface area contributed by atoms with E-state index in [1.807, 2.05) is 0 Å². The average molecular weight is 907 g/mol. The summed E-state index contributed by atoms with van der Waals surface area (Å²) in [5, 5.41) is 39.6. The van der Waals surface area contributed by atoms with Crippen molar-refractivity contribution >= 4 is 97.9 Å². The molecule has 0 radical (unpaired) electrons. The van der Waals surface area contributed by atoms with Crippen LogP contribution in [0.3, 0.4) is 0 Å². The number of benzene rings is 6. The van der Waals surface area contributed by atoms with E-state index >= 15 is 0 Å². The first-order valence-electron chi connectivity index (χ1n) is 14.5. The summed E-state index contributed by atoms with van der Waals surface area (Å²) in [6, 6.07) is 15.3. The number of rotatable bonds is 10. The Morgan fingerprint density at radius 3 is 1.34 bits per heavy atom. The molecule has 280 valence electrons. The number of nitrogens with one attached hydrogen (secondary N) is 2. The Balaban J connectivity index is 0.00000290. The molecule has 0 atom stereocenters. The van der Waals surface area contributed by atoms with E-state index in [4.69, 9.17) is 0 Å². The molecule has 26 heteroatoms. The van der Waals surface area contributed by atoms with Gasteiger partial charge in [-0.15, -0.1) is 0 Å². The van der Waals surface area contributed by atoms with Crippen molar-refractivity contribution in [3.8, 4) is 11.5 Å². The van der Waals surface area contributed by atoms with E-state index in [-0.39, 0.29) is 167 Å². The largest absolute Gasteiger partial charge is 1.00 e. The van der Waals surface area contributed by atoms with Gasteiger partial charge in [-0.1, -0.05) is 12.1 Å². The predicted octanol–water partition coefficient (Wildman–Crippen LogP) is -8.98. The second-order valence-electron chi connectivity index (χ2n) is 11.3. The van der Waals surface area contributed by atoms with Gasteiger partial charge in [0.15, 0.2) is 0 Å². The first-order chi connectivity index (χ1) is 25.2. The molecular weight excluding hydrogens is 889 g/mol. The van der Waals surface area contributed by atoms with Crippen LogP contribution in [0, 0.1) is 0 Å². The van der Waals surface area contributed by atoms with Gasteiger partial charge in [0.05, 0.1) is 38.1 Å². The van der Waals surface area contributed by atoms with Gasteiger partial charge in [-0.25, -0.2) is 25.3 Å². The van der Waals surface area contributed by atoms with Crippen LogP contribution >= 0.6 is 12.0 Å². The first-order valence-corrected chi connectivity index (χ1v) is 19.5. The van der Waals surface area contributed by atoms with Crippen LogP contribution in [0.5, 0.6) is 11.5 Å². The van der Waals surface area contributed by atoms with Crippen LogP contribution in [-0.4, -0.2) is 60.9 Å². The SMILES string of the molecule is O=C(Nc1cc(S(=O)(=O)[O-])cc2cc(SOO[O-])cc(O)c12)c1ccc2ccc(C(=O)Nc3cc(S(=O)(=O)[O-])cc4cc(S(=O)(=O)[O-])cc(O)c34)cc2c1.[Na+].[Na+].[Na+].[Na+]. The molecule has 0 fully saturated rings. The van der Waals surface area contributed by atoms with E-state index in [0.29, 0.717) is 23.5 Å². The summed E-state index contributed by atoms with van der Waals surface area (Å²) in [4.78, 5) is 24.4. The van der Waals surface area contributed by atoms with Crippen molar-refractivity contribution in [3.63, 3.8) is 0 Å². The van der Waals surface area contributed by atoms with E-state index in [1.165, 1.54) is 42.5 Å². The third kappa shape index (κ3) is 11.9. The molecule has 0 bridgehead atoms. The van der Waals surface area contributed by atoms with Gasteiger partial charge in [-0.05, 0) is 94.3 Å². The molecule has 0 saturated heterocycles. The molecule has 6 rings (SSSR count). The molecule has 0 aliphatic carbocycles. The normalized spacial score (nSPS) is 11.4. The summed E-state index contributed by atoms with van der Waals surface area (Å²) in [6.45, 7) is 0. The number of carbonyl (C=O) groups excluding carboxylic acids is 2. The molecule has 0 aliphatic rings. The summed E-state index contributed by atoms with van der Waals surface area (Å²) in [5.74, 6) is -3.11. The Bertz CT molecular complexity index is 2930. The van der Waals surface area contributed by atoms with Crippen LogP contribution in [0.1, 0.15) is 20.7 Å². The molecule has 6 aromatic carbocycles. The molecule has 0 aromatic heterocycles. The molecule has 0 unspecified atom stereocenters. The maximum absolute atomic E-state index is 13.5. The summed E-state index contributed by atoms with van der Waals surface area (Å²) in [6.07, 6.45) is 0. The van der Waals surface area contributed by atoms with Gasteiger partial charge < -0.3 is 39.8 Å². The van der Waals surface area contributed by atoms with Gasteiger partial charge in [0, 0.05) is 26.8 Å². The Hall–Kier alpha value is -1.40. The summed E-state index contributed by atoms with van der Waals surface area (Å²) < 4.78 is 110. The Labute approximate surface area is 421 Å². The minimum atomic E-state index is -5.20. The van der Waals surface area contributed by atoms with Gasteiger partial charge in [0.2, 0.25) is 0 Å². The fourth-order valence-corrected chi connectivity index (χ4v) is 7.56. The average Bonchev–Trinajstić information content (AvgIpc) is 3.08. The van der Waals surface area contributed by atoms with Crippen LogP contribution in [0.4, 0.5) is 11.4 Å². The molecule has 0 aliphatic heterocycles. The Morgan fingerprint density at radius 2 is 0.931 bits per heavy atom. The van der Waals surface area contributed by atoms with E-state index in [0.717, 1.165) is 36.4 Å². The predicted molar refractivity (Wildman–Crippen MR) is 183 cm³/mol. The van der Waals surface area contributed by atoms with Crippen LogP contribution in [0.25, 0.3) is 32.3 Å². The number of carbonyl (C=O) groups is 2. The molecule has 0 heterocycles. The maximum Gasteiger partial charge on any atom is 1.00 e. The fraction of sp³-hybridized carbons (Fsp3) is 0. The standard InChI is InChI=1S/C32H22N2O16S4.4Na/c35-27-11-21(51-50-49-39)7-19-8-22(52(40,41)42)12-25(29(19)27)33-31(37)16-3-1-15-2-4-17(6-18(15)5-16)32(38)34-26-13-23(53(43,44)45)9-20-10-24(54(46,47)48)14-28(36)30(20)26;;;;/h1-14,35-36,39H,(H,33,37)(H,34,38)(H,40,41,42)(H,43,44,45)(H,46,47,48);;;;/q;4*+1/p-4. The summed E-state index contributed by atoms with van der Waals surface area (Å²) in [7, 11) is -15.4. The molecule has 0 spiro atoms. The smallest absolute Gasteiger partial charge is 0.744 e. The monoisotopic (exact) mass is 906 g/mol. The van der Waals surface area contributed by atoms with Crippen LogP contribution < -0.4 is 134 Å². The second-order valence-corrected chi connectivity index (χ2v) is 16.2. The van der Waals surface area contributed by atoms with Crippen LogP contribution in [-0.2, 0) is 39.7 Å². The molecule has 0 saturated carbocycles. The molecule has 2 amide bonds. The van der Waals surface area contributed by atoms with Gasteiger partial charge >= 0.3 is 118 Å². The Kier molecular flexibility index (Phi) is 18.8. The van der Waals surface area contributed by atoms with E-state index < -0.39 is 74.0 Å². The van der Waals surface area contributed by atoms with Crippen molar-refractivity contribution in [2.24, 2.45) is 0 Å². The molecule has 18 nitrogen and oxygen atoms in total. The minimum absolute atomic E-state index is 0. The number of anilines is 2. The van der Waals surface area contributed by atoms with Crippen LogP contribution in [0.15, 0.2) is 105 Å². The number of fused-ring (bicyclic) bond motifs is 3. The number of phenolic OH excluding ortho intramolecular Hbond substituents is 2. The zero-order valence-corrected chi connectivity index (χ0v) is 41.6. The zero-order valence-electron chi connectivity index (χ0n) is 30.3. The van der Waals surface area contributed by atoms with Crippen molar-refractivity contribution in [2.75, 3.05) is 10.6 Å². The molecule has 58 heavy (non-hydrogen) atoms. The fourth-order valence-electron chi connectivity index (χ4n) is 5.53. The van der Waals surface area contributed by atoms with Gasteiger partial charge in [-0.2, -0.15) is 4.33 Å². The molecule has 4 N–H and O–H groups in total. The first kappa shape index (κ1) is 52.7. The quantitative estimate of drug-likeness (QED) is 0.0326. The van der Waals surface area contributed by atoms with E-state index in [9.17, 15) is 64.0 Å². The molecular formula is C32H18N2Na4O16S4. The number of phenols is 2. The van der Waals surface area contributed by atoms with Gasteiger partial charge in [0.25, 0.3) is 11.8 Å². The van der Waals surface area contributed by atoms with Crippen LogP contribution in [0.2, 0.25) is 0 Å². The number of amides is 2. The van der Waals surface area contributed by atoms with Crippen molar-refractivity contribution in [1.29, 1.82) is 0 Å². The van der Waals surface area contributed by atoms with Gasteiger partial charge in [0.1, 0.15) is 41.9 Å². The Morgan fingerprint density at radius 1 is 0.534 bits per heavy atom. The van der Waals surface area contributed by atoms with E-state index in [2.05, 4.69) is 20.0 Å². The molecule has 6 aromatic rings. The second kappa shape index (κ2) is 20.6. The van der Waals surface area contributed by atoms with Crippen molar-refractivity contribution < 1.29 is 192 Å². The van der Waals surface area contributed by atoms with Crippen molar-refractivity contribution in [2.45, 2.75) is 19.6 Å². The van der Waals surface area contributed by atoms with Crippen molar-refractivity contribution in [1.82, 2.24) is 0 Å². The minimum Gasteiger partial charge on any atom is -0.744 e. The number of hydrogen-bond acceptors (Lipinski definition) is 17. The zero-order chi connectivity index (χ0) is 39.3. The van der Waals surface area contributed by atoms with Gasteiger partial charge in [-0.3, -0.25) is 14.6 Å². The third-order valence-electron chi connectivity index (χ3n) is 7.84. The third-order valence-corrected chi connectivity index (χ3v) is 10.8. The number of aromatic hydroxyl groups is 2. The maximum atomic E-state index is 13.5. The van der Waals surface area contributed by atoms with E-state index in [1.54, 1.807) is 0 Å². The number of hydrogen-bond donors (Lipinski definition) is 4. The van der Waals surface area contributed by atoms with Crippen molar-refractivity contribution in [3.05, 3.63) is 96.1 Å². The summed E-state index contributed by atoms with van der Waals surface area (Å²) in [5.41, 5.74) is -0.856.